The van der Waals surface area contributed by atoms with Gasteiger partial charge in [-0.05, 0) is 12.1 Å². The van der Waals surface area contributed by atoms with E-state index < -0.39 is 19.0 Å². The van der Waals surface area contributed by atoms with Gasteiger partial charge in [0.05, 0.1) is 11.3 Å². The number of nitrogens with zero attached hydrogens (tertiary/aromatic N) is 2. The molecule has 1 N–H and O–H groups in total. The van der Waals surface area contributed by atoms with Gasteiger partial charge in [-0.2, -0.15) is 0 Å². The van der Waals surface area contributed by atoms with Gasteiger partial charge in [-0.3, -0.25) is 18.8 Å². The average molecular weight is 267 g/mol. The number of carbonyl (C=O) groups is 2. The van der Waals surface area contributed by atoms with Crippen LogP contribution in [0.25, 0.3) is 0 Å². The fourth-order valence-electron chi connectivity index (χ4n) is 2.00. The van der Waals surface area contributed by atoms with Crippen LogP contribution in [0.15, 0.2) is 24.3 Å². The number of rotatable bonds is 1. The zero-order valence-electron chi connectivity index (χ0n) is 10.4. The SMILES string of the molecule is CNC(=O)P1(=O)N(C)C(=O)c2ccccc2N1C. The van der Waals surface area contributed by atoms with Gasteiger partial charge >= 0.3 is 13.1 Å². The fraction of sp³-hybridized carbons (Fsp3) is 0.273. The van der Waals surface area contributed by atoms with Gasteiger partial charge in [-0.15, -0.1) is 0 Å². The van der Waals surface area contributed by atoms with Crippen molar-refractivity contribution in [1.82, 2.24) is 9.99 Å². The van der Waals surface area contributed by atoms with Crippen molar-refractivity contribution < 1.29 is 14.2 Å². The van der Waals surface area contributed by atoms with Gasteiger partial charge in [0.1, 0.15) is 0 Å². The van der Waals surface area contributed by atoms with E-state index in [4.69, 9.17) is 0 Å². The molecule has 18 heavy (non-hydrogen) atoms. The number of hydrogen-bond acceptors (Lipinski definition) is 3. The fourth-order valence-corrected chi connectivity index (χ4v) is 4.06. The Morgan fingerprint density at radius 1 is 1.22 bits per heavy atom. The number of nitrogens with one attached hydrogen (secondary N) is 1. The first-order chi connectivity index (χ1) is 8.44. The minimum Gasteiger partial charge on any atom is -0.350 e. The molecule has 0 radical (unpaired) electrons. The Hall–Kier alpha value is -1.81. The van der Waals surface area contributed by atoms with Crippen molar-refractivity contribution in [3.05, 3.63) is 29.8 Å². The average Bonchev–Trinajstić information content (AvgIpc) is 2.41. The molecule has 1 aromatic rings. The predicted molar refractivity (Wildman–Crippen MR) is 69.0 cm³/mol. The lowest BCUT2D eigenvalue weighted by molar-refractivity contribution is 0.0877. The molecule has 1 aliphatic heterocycles. The van der Waals surface area contributed by atoms with Gasteiger partial charge in [0.2, 0.25) is 0 Å². The van der Waals surface area contributed by atoms with Gasteiger partial charge in [0.25, 0.3) is 5.91 Å². The maximum Gasteiger partial charge on any atom is 0.350 e. The number of hydrogen-bond donors (Lipinski definition) is 1. The molecule has 96 valence electrons. The highest BCUT2D eigenvalue weighted by Crippen LogP contribution is 2.58. The molecule has 1 heterocycles. The van der Waals surface area contributed by atoms with Crippen molar-refractivity contribution in [3.63, 3.8) is 0 Å². The summed E-state index contributed by atoms with van der Waals surface area (Å²) >= 11 is 0. The molecule has 1 unspecified atom stereocenters. The quantitative estimate of drug-likeness (QED) is 0.787. The van der Waals surface area contributed by atoms with Crippen LogP contribution in [0.3, 0.4) is 0 Å². The molecule has 0 bridgehead atoms. The van der Waals surface area contributed by atoms with Crippen molar-refractivity contribution in [1.29, 1.82) is 0 Å². The van der Waals surface area contributed by atoms with E-state index in [1.807, 2.05) is 0 Å². The van der Waals surface area contributed by atoms with Gasteiger partial charge in [-0.25, -0.2) is 0 Å². The van der Waals surface area contributed by atoms with Crippen molar-refractivity contribution in [3.8, 4) is 0 Å². The Labute approximate surface area is 105 Å². The van der Waals surface area contributed by atoms with E-state index in [2.05, 4.69) is 5.32 Å². The monoisotopic (exact) mass is 267 g/mol. The van der Waals surface area contributed by atoms with Crippen LogP contribution < -0.4 is 9.99 Å². The minimum absolute atomic E-state index is 0.407. The summed E-state index contributed by atoms with van der Waals surface area (Å²) in [6.45, 7) is 0. The summed E-state index contributed by atoms with van der Waals surface area (Å²) in [6.07, 6.45) is 0. The van der Waals surface area contributed by atoms with Crippen LogP contribution in [-0.2, 0) is 4.57 Å². The zero-order chi connectivity index (χ0) is 13.5. The molecule has 0 saturated carbocycles. The van der Waals surface area contributed by atoms with Gasteiger partial charge < -0.3 is 9.99 Å². The van der Waals surface area contributed by atoms with E-state index in [-0.39, 0.29) is 0 Å². The molecule has 1 aromatic carbocycles. The molecule has 0 aromatic heterocycles. The molecular formula is C11H14N3O3P. The maximum atomic E-state index is 12.8. The summed E-state index contributed by atoms with van der Waals surface area (Å²) in [6, 6.07) is 6.80. The number of carbonyl (C=O) groups excluding carboxylic acids is 2. The largest absolute Gasteiger partial charge is 0.350 e. The van der Waals surface area contributed by atoms with E-state index in [0.29, 0.717) is 11.3 Å². The number of anilines is 1. The van der Waals surface area contributed by atoms with Gasteiger partial charge in [-0.1, -0.05) is 12.1 Å². The molecule has 0 fully saturated rings. The standard InChI is InChI=1S/C11H14N3O3P/c1-12-11(16)18(17)13(2)9-7-5-4-6-8(9)10(15)14(18)3/h4-7H,1-3H3,(H,12,16). The summed E-state index contributed by atoms with van der Waals surface area (Å²) in [7, 11) is 0.723. The van der Waals surface area contributed by atoms with Crippen LogP contribution in [0.4, 0.5) is 10.5 Å². The number of benzene rings is 1. The Morgan fingerprint density at radius 2 is 1.83 bits per heavy atom. The summed E-state index contributed by atoms with van der Waals surface area (Å²) in [5.74, 6) is -0.407. The lowest BCUT2D eigenvalue weighted by Crippen LogP contribution is -2.42. The van der Waals surface area contributed by atoms with Crippen molar-refractivity contribution in [2.75, 3.05) is 25.8 Å². The molecule has 2 rings (SSSR count). The molecule has 6 nitrogen and oxygen atoms in total. The number of para-hydroxylation sites is 1. The zero-order valence-corrected chi connectivity index (χ0v) is 11.3. The van der Waals surface area contributed by atoms with E-state index in [1.165, 1.54) is 18.8 Å². The Kier molecular flexibility index (Phi) is 2.91. The number of fused-ring (bicyclic) bond motifs is 1. The van der Waals surface area contributed by atoms with E-state index in [0.717, 1.165) is 4.67 Å². The van der Waals surface area contributed by atoms with Crippen LogP contribution in [0.2, 0.25) is 0 Å². The lowest BCUT2D eigenvalue weighted by Gasteiger charge is -2.39. The number of amides is 2. The van der Waals surface area contributed by atoms with E-state index >= 15 is 0 Å². The molecule has 1 atom stereocenters. The first-order valence-corrected chi connectivity index (χ1v) is 7.00. The van der Waals surface area contributed by atoms with E-state index in [1.54, 1.807) is 31.3 Å². The van der Waals surface area contributed by atoms with Crippen LogP contribution in [0, 0.1) is 0 Å². The minimum atomic E-state index is -3.61. The third kappa shape index (κ3) is 1.46. The van der Waals surface area contributed by atoms with Crippen molar-refractivity contribution in [2.45, 2.75) is 0 Å². The van der Waals surface area contributed by atoms with Crippen molar-refractivity contribution in [2.24, 2.45) is 0 Å². The molecule has 2 amide bonds. The van der Waals surface area contributed by atoms with Crippen LogP contribution >= 0.6 is 7.44 Å². The Bertz CT molecular complexity index is 572. The predicted octanol–water partition coefficient (Wildman–Crippen LogP) is 1.74. The molecule has 1 aliphatic rings. The summed E-state index contributed by atoms with van der Waals surface area (Å²) < 4.78 is 15.2. The first kappa shape index (κ1) is 12.6. The van der Waals surface area contributed by atoms with Gasteiger partial charge in [0, 0.05) is 21.1 Å². The molecular weight excluding hydrogens is 253 g/mol. The highest BCUT2D eigenvalue weighted by atomic mass is 31.2. The van der Waals surface area contributed by atoms with Gasteiger partial charge in [0.15, 0.2) is 0 Å². The molecule has 0 aliphatic carbocycles. The second-order valence-corrected chi connectivity index (χ2v) is 6.66. The summed E-state index contributed by atoms with van der Waals surface area (Å²) in [4.78, 5) is 24.0. The van der Waals surface area contributed by atoms with Crippen molar-refractivity contribution >= 4 is 24.7 Å². The molecule has 0 saturated heterocycles. The third-order valence-electron chi connectivity index (χ3n) is 3.07. The van der Waals surface area contributed by atoms with Crippen LogP contribution in [0.5, 0.6) is 0 Å². The first-order valence-electron chi connectivity index (χ1n) is 5.38. The highest BCUT2D eigenvalue weighted by Gasteiger charge is 2.48. The highest BCUT2D eigenvalue weighted by molar-refractivity contribution is 7.80. The Balaban J connectivity index is 2.66. The topological polar surface area (TPSA) is 69.7 Å². The second kappa shape index (κ2) is 4.14. The van der Waals surface area contributed by atoms with Crippen LogP contribution in [0.1, 0.15) is 10.4 Å². The third-order valence-corrected chi connectivity index (χ3v) is 5.85. The summed E-state index contributed by atoms with van der Waals surface area (Å²) in [5, 5.41) is 2.35. The molecule has 0 spiro atoms. The van der Waals surface area contributed by atoms with E-state index in [9.17, 15) is 14.2 Å². The maximum absolute atomic E-state index is 12.8. The Morgan fingerprint density at radius 3 is 2.44 bits per heavy atom. The smallest absolute Gasteiger partial charge is 0.350 e. The normalized spacial score (nSPS) is 22.7. The van der Waals surface area contributed by atoms with Crippen LogP contribution in [-0.4, -0.2) is 37.4 Å². The summed E-state index contributed by atoms with van der Waals surface area (Å²) in [5.41, 5.74) is 0.292. The second-order valence-electron chi connectivity index (χ2n) is 3.97. The lowest BCUT2D eigenvalue weighted by atomic mass is 10.1. The molecule has 7 heteroatoms.